The molecule has 0 aliphatic heterocycles. The molecule has 0 spiro atoms. The molecule has 0 saturated heterocycles. The highest BCUT2D eigenvalue weighted by Crippen LogP contribution is 2.35. The first-order valence-corrected chi connectivity index (χ1v) is 8.37. The van der Waals surface area contributed by atoms with Crippen LogP contribution in [0.15, 0.2) is 30.3 Å². The Morgan fingerprint density at radius 2 is 1.65 bits per heavy atom. The highest BCUT2D eigenvalue weighted by molar-refractivity contribution is 6.04. The second kappa shape index (κ2) is 6.99. The zero-order chi connectivity index (χ0) is 17.0. The summed E-state index contributed by atoms with van der Waals surface area (Å²) in [7, 11) is 0. The van der Waals surface area contributed by atoms with Gasteiger partial charge in [-0.25, -0.2) is 4.79 Å². The predicted octanol–water partition coefficient (Wildman–Crippen LogP) is 4.67. The molecule has 23 heavy (non-hydrogen) atoms. The van der Waals surface area contributed by atoms with E-state index in [9.17, 15) is 9.59 Å². The Balaban J connectivity index is 2.68. The lowest BCUT2D eigenvalue weighted by Crippen LogP contribution is -2.35. The lowest BCUT2D eigenvalue weighted by atomic mass is 9.78. The number of nitrogens with zero attached hydrogens (tertiary/aromatic N) is 1. The van der Waals surface area contributed by atoms with E-state index >= 15 is 0 Å². The number of hydrogen-bond acceptors (Lipinski definition) is 3. The van der Waals surface area contributed by atoms with Crippen LogP contribution < -0.4 is 0 Å². The first-order chi connectivity index (χ1) is 11.0. The van der Waals surface area contributed by atoms with Crippen molar-refractivity contribution in [3.8, 4) is 0 Å². The van der Waals surface area contributed by atoms with E-state index in [4.69, 9.17) is 4.74 Å². The lowest BCUT2D eigenvalue weighted by molar-refractivity contribution is 0.0493. The highest BCUT2D eigenvalue weighted by Gasteiger charge is 2.36. The van der Waals surface area contributed by atoms with Crippen LogP contribution in [-0.2, 0) is 4.74 Å². The molecule has 2 aromatic rings. The molecular formula is C19H25NO3. The topological polar surface area (TPSA) is 48.3 Å². The molecule has 0 radical (unpaired) electrons. The monoisotopic (exact) mass is 315 g/mol. The Kier molecular flexibility index (Phi) is 5.24. The van der Waals surface area contributed by atoms with Crippen molar-refractivity contribution >= 4 is 22.8 Å². The van der Waals surface area contributed by atoms with Gasteiger partial charge in [0.05, 0.1) is 12.1 Å². The summed E-state index contributed by atoms with van der Waals surface area (Å²) >= 11 is 0. The molecule has 0 amide bonds. The van der Waals surface area contributed by atoms with E-state index in [-0.39, 0.29) is 12.5 Å². The number of carbonyl (C=O) groups is 2. The zero-order valence-electron chi connectivity index (χ0n) is 14.4. The van der Waals surface area contributed by atoms with Crippen LogP contribution in [0.4, 0.5) is 0 Å². The van der Waals surface area contributed by atoms with Gasteiger partial charge in [0, 0.05) is 10.8 Å². The third-order valence-electron chi connectivity index (χ3n) is 4.88. The number of para-hydroxylation sites is 1. The molecule has 0 bridgehead atoms. The molecule has 0 atom stereocenters. The third-order valence-corrected chi connectivity index (χ3v) is 4.88. The Labute approximate surface area is 137 Å². The van der Waals surface area contributed by atoms with Gasteiger partial charge in [0.1, 0.15) is 5.69 Å². The second-order valence-electron chi connectivity index (χ2n) is 5.79. The molecule has 0 saturated carbocycles. The first-order valence-electron chi connectivity index (χ1n) is 8.37. The predicted molar refractivity (Wildman–Crippen MR) is 91.8 cm³/mol. The number of carbonyl (C=O) groups excluding carboxylic acids is 2. The first kappa shape index (κ1) is 17.3. The van der Waals surface area contributed by atoms with Crippen LogP contribution in [-0.4, -0.2) is 23.1 Å². The molecule has 1 heterocycles. The van der Waals surface area contributed by atoms with Gasteiger partial charge in [-0.2, -0.15) is 0 Å². The Morgan fingerprint density at radius 1 is 1.04 bits per heavy atom. The molecule has 4 nitrogen and oxygen atoms in total. The Hall–Kier alpha value is -2.10. The normalized spacial score (nSPS) is 11.7. The maximum Gasteiger partial charge on any atom is 0.355 e. The fraction of sp³-hybridized carbons (Fsp3) is 0.474. The summed E-state index contributed by atoms with van der Waals surface area (Å²) in [5, 5.41) is 0.876. The van der Waals surface area contributed by atoms with Crippen LogP contribution in [0, 0.1) is 5.41 Å². The number of rotatable bonds is 6. The molecule has 2 rings (SSSR count). The van der Waals surface area contributed by atoms with Crippen LogP contribution in [0.3, 0.4) is 0 Å². The Bertz CT molecular complexity index is 702. The summed E-state index contributed by atoms with van der Waals surface area (Å²) in [4.78, 5) is 25.7. The summed E-state index contributed by atoms with van der Waals surface area (Å²) < 4.78 is 6.71. The fourth-order valence-corrected chi connectivity index (χ4v) is 3.17. The van der Waals surface area contributed by atoms with Crippen LogP contribution in [0.1, 0.15) is 62.2 Å². The van der Waals surface area contributed by atoms with Gasteiger partial charge in [0.2, 0.25) is 5.91 Å². The van der Waals surface area contributed by atoms with E-state index in [0.29, 0.717) is 5.69 Å². The molecule has 0 aliphatic carbocycles. The average molecular weight is 315 g/mol. The minimum atomic E-state index is -0.455. The zero-order valence-corrected chi connectivity index (χ0v) is 14.4. The SMILES string of the molecule is CCOC(=O)c1cc2ccccc2n1C(=O)C(CC)(CC)CC. The number of fused-ring (bicyclic) bond motifs is 1. The van der Waals surface area contributed by atoms with E-state index in [1.807, 2.05) is 45.0 Å². The molecule has 0 fully saturated rings. The van der Waals surface area contributed by atoms with Crippen LogP contribution in [0.5, 0.6) is 0 Å². The molecule has 4 heteroatoms. The molecule has 1 aromatic heterocycles. The minimum absolute atomic E-state index is 0.0192. The van der Waals surface area contributed by atoms with E-state index in [2.05, 4.69) is 0 Å². The van der Waals surface area contributed by atoms with Crippen molar-refractivity contribution in [1.29, 1.82) is 0 Å². The van der Waals surface area contributed by atoms with Gasteiger partial charge in [-0.3, -0.25) is 9.36 Å². The van der Waals surface area contributed by atoms with Gasteiger partial charge in [-0.1, -0.05) is 39.0 Å². The largest absolute Gasteiger partial charge is 0.461 e. The van der Waals surface area contributed by atoms with Crippen molar-refractivity contribution in [2.45, 2.75) is 47.0 Å². The van der Waals surface area contributed by atoms with Crippen molar-refractivity contribution < 1.29 is 14.3 Å². The molecular weight excluding hydrogens is 290 g/mol. The fourth-order valence-electron chi connectivity index (χ4n) is 3.17. The van der Waals surface area contributed by atoms with Crippen LogP contribution in [0.25, 0.3) is 10.9 Å². The van der Waals surface area contributed by atoms with Crippen LogP contribution >= 0.6 is 0 Å². The number of esters is 1. The van der Waals surface area contributed by atoms with Crippen molar-refractivity contribution in [1.82, 2.24) is 4.57 Å². The number of ether oxygens (including phenoxy) is 1. The van der Waals surface area contributed by atoms with Gasteiger partial charge in [-0.05, 0) is 38.3 Å². The van der Waals surface area contributed by atoms with Gasteiger partial charge >= 0.3 is 5.97 Å². The quantitative estimate of drug-likeness (QED) is 0.727. The van der Waals surface area contributed by atoms with Gasteiger partial charge in [0.25, 0.3) is 0 Å². The van der Waals surface area contributed by atoms with E-state index < -0.39 is 11.4 Å². The third kappa shape index (κ3) is 2.90. The molecule has 0 aliphatic rings. The van der Waals surface area contributed by atoms with Gasteiger partial charge < -0.3 is 4.74 Å². The molecule has 124 valence electrons. The Morgan fingerprint density at radius 3 is 2.22 bits per heavy atom. The molecule has 1 aromatic carbocycles. The van der Waals surface area contributed by atoms with E-state index in [0.717, 1.165) is 30.2 Å². The van der Waals surface area contributed by atoms with Crippen molar-refractivity contribution in [3.63, 3.8) is 0 Å². The van der Waals surface area contributed by atoms with Gasteiger partial charge in [-0.15, -0.1) is 0 Å². The van der Waals surface area contributed by atoms with Gasteiger partial charge in [0.15, 0.2) is 0 Å². The summed E-state index contributed by atoms with van der Waals surface area (Å²) in [5.74, 6) is -0.469. The smallest absolute Gasteiger partial charge is 0.355 e. The average Bonchev–Trinajstić information content (AvgIpc) is 2.96. The van der Waals surface area contributed by atoms with Crippen molar-refractivity contribution in [2.75, 3.05) is 6.61 Å². The number of aromatic nitrogens is 1. The number of benzene rings is 1. The van der Waals surface area contributed by atoms with E-state index in [1.54, 1.807) is 17.6 Å². The summed E-state index contributed by atoms with van der Waals surface area (Å²) in [6, 6.07) is 9.32. The van der Waals surface area contributed by atoms with Crippen molar-refractivity contribution in [3.05, 3.63) is 36.0 Å². The summed E-state index contributed by atoms with van der Waals surface area (Å²) in [6.07, 6.45) is 2.23. The second-order valence-corrected chi connectivity index (χ2v) is 5.79. The standard InChI is InChI=1S/C19H25NO3/c1-5-19(6-2,7-3)18(22)20-15-12-10-9-11-14(15)13-16(20)17(21)23-8-4/h9-13H,5-8H2,1-4H3. The minimum Gasteiger partial charge on any atom is -0.461 e. The number of hydrogen-bond donors (Lipinski definition) is 0. The maximum absolute atomic E-state index is 13.3. The lowest BCUT2D eigenvalue weighted by Gasteiger charge is -2.29. The van der Waals surface area contributed by atoms with E-state index in [1.165, 1.54) is 0 Å². The maximum atomic E-state index is 13.3. The summed E-state index contributed by atoms with van der Waals surface area (Å²) in [6.45, 7) is 8.14. The highest BCUT2D eigenvalue weighted by atomic mass is 16.5. The molecule has 0 N–H and O–H groups in total. The molecule has 0 unspecified atom stereocenters. The summed E-state index contributed by atoms with van der Waals surface area (Å²) in [5.41, 5.74) is 0.626. The van der Waals surface area contributed by atoms with Crippen LogP contribution in [0.2, 0.25) is 0 Å². The van der Waals surface area contributed by atoms with Crippen molar-refractivity contribution in [2.24, 2.45) is 5.41 Å².